The first kappa shape index (κ1) is 26.2. The van der Waals surface area contributed by atoms with Crippen LogP contribution in [0.4, 0.5) is 11.4 Å². The van der Waals surface area contributed by atoms with Crippen molar-refractivity contribution in [2.45, 2.75) is 19.1 Å². The van der Waals surface area contributed by atoms with Gasteiger partial charge in [-0.25, -0.2) is 10.4 Å². The van der Waals surface area contributed by atoms with Crippen molar-refractivity contribution < 1.29 is 9.53 Å². The lowest BCUT2D eigenvalue weighted by Crippen LogP contribution is -2.28. The number of aliphatic imine (C=N–C) groups is 1. The standard InChI is InChI=1S/C20H17N3O2.C11H17N3/c24-13-17-10-11-23-20(22-17)19(12-21-23)16-6-8-18(9-7-16)25-14-15-4-2-1-3-5-15;1-13-10-3-2-4-11(7-10)14-6-5-9(12)8-14/h1-11,13,21H,12,14H2;2-4,7,9,13H,5-6,8,12H2,1H3. The normalized spacial score (nSPS) is 17.8. The molecule has 0 saturated carbocycles. The van der Waals surface area contributed by atoms with E-state index in [-0.39, 0.29) is 0 Å². The molecule has 1 fully saturated rings. The van der Waals surface area contributed by atoms with Crippen LogP contribution in [0.1, 0.15) is 17.5 Å². The lowest BCUT2D eigenvalue weighted by Gasteiger charge is -2.18. The molecule has 0 radical (unpaired) electrons. The van der Waals surface area contributed by atoms with Crippen LogP contribution in [-0.2, 0) is 11.4 Å². The van der Waals surface area contributed by atoms with Crippen LogP contribution < -0.4 is 26.1 Å². The Morgan fingerprint density at radius 1 is 1.10 bits per heavy atom. The molecule has 3 aromatic rings. The molecule has 0 aliphatic carbocycles. The first-order valence-corrected chi connectivity index (χ1v) is 13.2. The van der Waals surface area contributed by atoms with Gasteiger partial charge in [0.05, 0.1) is 0 Å². The predicted octanol–water partition coefficient (Wildman–Crippen LogP) is 4.19. The molecule has 200 valence electrons. The minimum atomic E-state index is 0.341. The van der Waals surface area contributed by atoms with Crippen LogP contribution in [-0.4, -0.2) is 49.7 Å². The summed E-state index contributed by atoms with van der Waals surface area (Å²) in [5.74, 6) is 1.59. The molecule has 3 aliphatic rings. The highest BCUT2D eigenvalue weighted by Crippen LogP contribution is 2.29. The van der Waals surface area contributed by atoms with Crippen molar-refractivity contribution in [3.63, 3.8) is 0 Å². The Kier molecular flexibility index (Phi) is 8.36. The van der Waals surface area contributed by atoms with Crippen molar-refractivity contribution in [2.75, 3.05) is 36.9 Å². The number of carbonyl (C=O) groups is 1. The number of rotatable bonds is 7. The Morgan fingerprint density at radius 3 is 2.64 bits per heavy atom. The second kappa shape index (κ2) is 12.4. The number of fused-ring (bicyclic) bond motifs is 1. The van der Waals surface area contributed by atoms with E-state index in [9.17, 15) is 4.79 Å². The fourth-order valence-corrected chi connectivity index (χ4v) is 4.69. The van der Waals surface area contributed by atoms with Gasteiger partial charge in [0, 0.05) is 55.9 Å². The van der Waals surface area contributed by atoms with Gasteiger partial charge in [0.25, 0.3) is 0 Å². The third-order valence-corrected chi connectivity index (χ3v) is 6.85. The van der Waals surface area contributed by atoms with Crippen LogP contribution >= 0.6 is 0 Å². The maximum atomic E-state index is 11.0. The van der Waals surface area contributed by atoms with Gasteiger partial charge in [-0.15, -0.1) is 0 Å². The molecule has 6 rings (SSSR count). The third-order valence-electron chi connectivity index (χ3n) is 6.85. The number of anilines is 2. The van der Waals surface area contributed by atoms with Gasteiger partial charge < -0.3 is 20.7 Å². The molecule has 3 heterocycles. The lowest BCUT2D eigenvalue weighted by molar-refractivity contribution is -0.102. The molecule has 1 unspecified atom stereocenters. The summed E-state index contributed by atoms with van der Waals surface area (Å²) in [6, 6.07) is 26.8. The highest BCUT2D eigenvalue weighted by atomic mass is 16.5. The number of benzene rings is 3. The quantitative estimate of drug-likeness (QED) is 0.401. The molecule has 0 aromatic heterocycles. The summed E-state index contributed by atoms with van der Waals surface area (Å²) in [7, 11) is 1.94. The monoisotopic (exact) mass is 522 g/mol. The molecule has 4 N–H and O–H groups in total. The maximum absolute atomic E-state index is 11.0. The predicted molar refractivity (Wildman–Crippen MR) is 157 cm³/mol. The summed E-state index contributed by atoms with van der Waals surface area (Å²) in [6.07, 6.45) is 5.37. The van der Waals surface area contributed by atoms with E-state index in [0.29, 0.717) is 24.9 Å². The number of carbonyl (C=O) groups excluding carboxylic acids is 1. The van der Waals surface area contributed by atoms with Crippen molar-refractivity contribution in [3.8, 4) is 5.75 Å². The zero-order chi connectivity index (χ0) is 27.0. The van der Waals surface area contributed by atoms with Gasteiger partial charge in [0.2, 0.25) is 0 Å². The van der Waals surface area contributed by atoms with E-state index in [1.807, 2.05) is 72.9 Å². The first-order valence-electron chi connectivity index (χ1n) is 13.2. The van der Waals surface area contributed by atoms with Crippen molar-refractivity contribution in [3.05, 3.63) is 108 Å². The average Bonchev–Trinajstić information content (AvgIpc) is 3.63. The molecule has 1 saturated heterocycles. The minimum absolute atomic E-state index is 0.341. The van der Waals surface area contributed by atoms with Gasteiger partial charge in [-0.3, -0.25) is 9.80 Å². The Hall–Kier alpha value is -4.40. The molecule has 8 nitrogen and oxygen atoms in total. The van der Waals surface area contributed by atoms with Crippen LogP contribution in [0.2, 0.25) is 0 Å². The number of hydrogen-bond acceptors (Lipinski definition) is 8. The molecule has 3 aliphatic heterocycles. The second-order valence-electron chi connectivity index (χ2n) is 9.57. The number of nitrogens with two attached hydrogens (primary N) is 1. The summed E-state index contributed by atoms with van der Waals surface area (Å²) >= 11 is 0. The SMILES string of the molecule is CNc1cccc(N2CCC(N)C2)c1.O=CC1=NC2=C(c3ccc(OCc4ccccc4)cc3)CNN2C=C1. The van der Waals surface area contributed by atoms with Gasteiger partial charge >= 0.3 is 0 Å². The minimum Gasteiger partial charge on any atom is -0.489 e. The second-order valence-corrected chi connectivity index (χ2v) is 9.57. The summed E-state index contributed by atoms with van der Waals surface area (Å²) in [6.45, 7) is 3.27. The lowest BCUT2D eigenvalue weighted by atomic mass is 10.1. The van der Waals surface area contributed by atoms with Gasteiger partial charge in [-0.05, 0) is 54.0 Å². The number of hydrazine groups is 1. The number of allylic oxidation sites excluding steroid dienone is 1. The van der Waals surface area contributed by atoms with E-state index >= 15 is 0 Å². The molecule has 0 bridgehead atoms. The molecular formula is C31H34N6O2. The van der Waals surface area contributed by atoms with Crippen LogP contribution in [0.5, 0.6) is 5.75 Å². The highest BCUT2D eigenvalue weighted by Gasteiger charge is 2.24. The summed E-state index contributed by atoms with van der Waals surface area (Å²) in [4.78, 5) is 17.7. The van der Waals surface area contributed by atoms with E-state index in [0.717, 1.165) is 59.8 Å². The maximum Gasteiger partial charge on any atom is 0.168 e. The molecular weight excluding hydrogens is 488 g/mol. The molecule has 3 aromatic carbocycles. The summed E-state index contributed by atoms with van der Waals surface area (Å²) in [5.41, 5.74) is 15.2. The van der Waals surface area contributed by atoms with Gasteiger partial charge in [-0.1, -0.05) is 48.5 Å². The number of nitrogens with zero attached hydrogens (tertiary/aromatic N) is 3. The van der Waals surface area contributed by atoms with Crippen molar-refractivity contribution in [1.82, 2.24) is 10.4 Å². The van der Waals surface area contributed by atoms with Gasteiger partial charge in [0.15, 0.2) is 12.1 Å². The van der Waals surface area contributed by atoms with Crippen LogP contribution in [0.15, 0.2) is 102 Å². The fraction of sp³-hybridized carbons (Fsp3) is 0.226. The Bertz CT molecular complexity index is 1370. The summed E-state index contributed by atoms with van der Waals surface area (Å²) in [5, 5.41) is 4.98. The zero-order valence-corrected chi connectivity index (χ0v) is 22.1. The highest BCUT2D eigenvalue weighted by molar-refractivity contribution is 6.34. The van der Waals surface area contributed by atoms with Crippen molar-refractivity contribution in [2.24, 2.45) is 10.7 Å². The number of hydrogen-bond donors (Lipinski definition) is 3. The van der Waals surface area contributed by atoms with Crippen molar-refractivity contribution >= 4 is 28.9 Å². The number of ether oxygens (including phenoxy) is 1. The van der Waals surface area contributed by atoms with E-state index in [4.69, 9.17) is 10.5 Å². The third kappa shape index (κ3) is 6.54. The summed E-state index contributed by atoms with van der Waals surface area (Å²) < 4.78 is 5.82. The molecule has 1 atom stereocenters. The molecule has 8 heteroatoms. The topological polar surface area (TPSA) is 95.2 Å². The van der Waals surface area contributed by atoms with E-state index in [2.05, 4.69) is 44.9 Å². The van der Waals surface area contributed by atoms with E-state index < -0.39 is 0 Å². The zero-order valence-electron chi connectivity index (χ0n) is 22.1. The van der Waals surface area contributed by atoms with Gasteiger partial charge in [0.1, 0.15) is 18.1 Å². The number of aldehydes is 1. The average molecular weight is 523 g/mol. The van der Waals surface area contributed by atoms with Gasteiger partial charge in [-0.2, -0.15) is 0 Å². The van der Waals surface area contributed by atoms with Crippen LogP contribution in [0.3, 0.4) is 0 Å². The molecule has 39 heavy (non-hydrogen) atoms. The van der Waals surface area contributed by atoms with Crippen LogP contribution in [0.25, 0.3) is 5.57 Å². The Balaban J connectivity index is 0.000000186. The van der Waals surface area contributed by atoms with Crippen LogP contribution in [0, 0.1) is 0 Å². The number of nitrogens with one attached hydrogen (secondary N) is 2. The van der Waals surface area contributed by atoms with E-state index in [1.165, 1.54) is 5.69 Å². The fourth-order valence-electron chi connectivity index (χ4n) is 4.69. The molecule has 0 amide bonds. The molecule has 0 spiro atoms. The first-order chi connectivity index (χ1) is 19.1. The van der Waals surface area contributed by atoms with Crippen molar-refractivity contribution in [1.29, 1.82) is 0 Å². The largest absolute Gasteiger partial charge is 0.489 e. The smallest absolute Gasteiger partial charge is 0.168 e. The van der Waals surface area contributed by atoms with E-state index in [1.54, 1.807) is 6.08 Å². The Labute approximate surface area is 229 Å². The Morgan fingerprint density at radius 2 is 1.92 bits per heavy atom.